The van der Waals surface area contributed by atoms with Gasteiger partial charge in [-0.3, -0.25) is 0 Å². The Kier molecular flexibility index (Phi) is 3.03. The number of fused-ring (bicyclic) bond motifs is 1. The minimum absolute atomic E-state index is 0.166. The van der Waals surface area contributed by atoms with Gasteiger partial charge in [-0.05, 0) is 39.0 Å². The van der Waals surface area contributed by atoms with Crippen molar-refractivity contribution in [2.75, 3.05) is 5.32 Å². The first-order chi connectivity index (χ1) is 8.17. The van der Waals surface area contributed by atoms with Crippen molar-refractivity contribution in [2.24, 2.45) is 4.99 Å². The molecule has 0 fully saturated rings. The fourth-order valence-electron chi connectivity index (χ4n) is 1.56. The van der Waals surface area contributed by atoms with Gasteiger partial charge in [-0.25, -0.2) is 18.1 Å². The zero-order valence-corrected chi connectivity index (χ0v) is 11.9. The molecule has 1 aliphatic heterocycles. The molecule has 0 radical (unpaired) electrons. The van der Waals surface area contributed by atoms with Crippen LogP contribution in [0.2, 0.25) is 5.02 Å². The number of aliphatic imine (C=N–C) groups is 1. The minimum Gasteiger partial charge on any atom is -0.324 e. The number of anilines is 1. The van der Waals surface area contributed by atoms with E-state index in [0.29, 0.717) is 10.7 Å². The van der Waals surface area contributed by atoms with Gasteiger partial charge in [-0.15, -0.1) is 0 Å². The molecular formula is C11H14ClN3O2S. The minimum atomic E-state index is -3.58. The fourth-order valence-corrected chi connectivity index (χ4v) is 2.84. The number of sulfonamides is 1. The normalized spacial score (nSPS) is 19.9. The van der Waals surface area contributed by atoms with Crippen molar-refractivity contribution in [3.05, 3.63) is 23.2 Å². The molecule has 0 aliphatic carbocycles. The van der Waals surface area contributed by atoms with E-state index < -0.39 is 10.0 Å². The summed E-state index contributed by atoms with van der Waals surface area (Å²) in [6, 6.07) is 4.56. The van der Waals surface area contributed by atoms with Gasteiger partial charge < -0.3 is 5.32 Å². The van der Waals surface area contributed by atoms with E-state index in [0.717, 1.165) is 0 Å². The van der Waals surface area contributed by atoms with Gasteiger partial charge in [0.2, 0.25) is 5.96 Å². The average molecular weight is 288 g/mol. The largest absolute Gasteiger partial charge is 0.324 e. The highest BCUT2D eigenvalue weighted by atomic mass is 35.5. The molecule has 1 aromatic carbocycles. The van der Waals surface area contributed by atoms with Gasteiger partial charge >= 0.3 is 0 Å². The van der Waals surface area contributed by atoms with Crippen LogP contribution in [0.4, 0.5) is 5.69 Å². The number of halogens is 1. The maximum absolute atomic E-state index is 12.0. The Labute approximate surface area is 111 Å². The van der Waals surface area contributed by atoms with Crippen LogP contribution in [0, 0.1) is 0 Å². The predicted octanol–water partition coefficient (Wildman–Crippen LogP) is 2.20. The van der Waals surface area contributed by atoms with Crippen molar-refractivity contribution in [1.29, 1.82) is 0 Å². The molecule has 0 saturated heterocycles. The molecule has 0 spiro atoms. The number of rotatable bonds is 0. The van der Waals surface area contributed by atoms with Gasteiger partial charge in [0.1, 0.15) is 4.90 Å². The van der Waals surface area contributed by atoms with Crippen molar-refractivity contribution in [2.45, 2.75) is 31.2 Å². The number of nitrogens with one attached hydrogen (secondary N) is 2. The summed E-state index contributed by atoms with van der Waals surface area (Å²) in [5, 5.41) is 3.39. The molecule has 1 heterocycles. The molecule has 1 aromatic rings. The highest BCUT2D eigenvalue weighted by molar-refractivity contribution is 7.90. The monoisotopic (exact) mass is 287 g/mol. The first-order valence-electron chi connectivity index (χ1n) is 5.37. The molecule has 0 amide bonds. The lowest BCUT2D eigenvalue weighted by Gasteiger charge is -2.24. The lowest BCUT2D eigenvalue weighted by Crippen LogP contribution is -2.42. The van der Waals surface area contributed by atoms with E-state index >= 15 is 0 Å². The van der Waals surface area contributed by atoms with Crippen molar-refractivity contribution in [1.82, 2.24) is 4.72 Å². The first kappa shape index (κ1) is 13.2. The van der Waals surface area contributed by atoms with E-state index in [9.17, 15) is 8.42 Å². The van der Waals surface area contributed by atoms with Gasteiger partial charge in [-0.2, -0.15) is 0 Å². The Balaban J connectivity index is 2.52. The van der Waals surface area contributed by atoms with Gasteiger partial charge in [0.15, 0.2) is 0 Å². The zero-order chi connectivity index (χ0) is 13.6. The number of nitrogens with zero attached hydrogens (tertiary/aromatic N) is 1. The Morgan fingerprint density at radius 2 is 1.94 bits per heavy atom. The second kappa shape index (κ2) is 4.13. The number of benzene rings is 1. The highest BCUT2D eigenvalue weighted by Gasteiger charge is 2.27. The van der Waals surface area contributed by atoms with Crippen LogP contribution < -0.4 is 10.0 Å². The quantitative estimate of drug-likeness (QED) is 0.768. The Bertz CT molecular complexity index is 618. The Morgan fingerprint density at radius 3 is 2.56 bits per heavy atom. The van der Waals surface area contributed by atoms with Crippen LogP contribution in [0.25, 0.3) is 0 Å². The van der Waals surface area contributed by atoms with Crippen LogP contribution in [0.5, 0.6) is 0 Å². The topological polar surface area (TPSA) is 70.6 Å². The van der Waals surface area contributed by atoms with Crippen LogP contribution in [-0.2, 0) is 10.0 Å². The molecule has 0 saturated carbocycles. The molecule has 18 heavy (non-hydrogen) atoms. The average Bonchev–Trinajstić information content (AvgIpc) is 2.11. The first-order valence-corrected chi connectivity index (χ1v) is 7.23. The predicted molar refractivity (Wildman–Crippen MR) is 72.6 cm³/mol. The maximum atomic E-state index is 12.0. The van der Waals surface area contributed by atoms with Crippen LogP contribution in [0.15, 0.2) is 28.1 Å². The summed E-state index contributed by atoms with van der Waals surface area (Å²) in [4.78, 5) is 4.43. The molecule has 0 bridgehead atoms. The Morgan fingerprint density at radius 1 is 1.28 bits per heavy atom. The maximum Gasteiger partial charge on any atom is 0.266 e. The van der Waals surface area contributed by atoms with Crippen molar-refractivity contribution >= 4 is 33.3 Å². The van der Waals surface area contributed by atoms with Gasteiger partial charge in [0, 0.05) is 5.02 Å². The lowest BCUT2D eigenvalue weighted by molar-refractivity contribution is 0.576. The molecular weight excluding hydrogens is 274 g/mol. The Hall–Kier alpha value is -1.27. The SMILES string of the molecule is CC(C)(C)N=C1Nc2cc(Cl)ccc2S(=O)(=O)N1. The molecule has 0 unspecified atom stereocenters. The van der Waals surface area contributed by atoms with E-state index in [1.54, 1.807) is 6.07 Å². The summed E-state index contributed by atoms with van der Waals surface area (Å²) in [7, 11) is -3.58. The summed E-state index contributed by atoms with van der Waals surface area (Å²) in [6.45, 7) is 5.64. The van der Waals surface area contributed by atoms with Crippen LogP contribution >= 0.6 is 11.6 Å². The fraction of sp³-hybridized carbons (Fsp3) is 0.364. The zero-order valence-electron chi connectivity index (χ0n) is 10.3. The van der Waals surface area contributed by atoms with Crippen molar-refractivity contribution in [3.63, 3.8) is 0 Å². The molecule has 0 atom stereocenters. The van der Waals surface area contributed by atoms with Crippen LogP contribution in [0.3, 0.4) is 0 Å². The summed E-state index contributed by atoms with van der Waals surface area (Å²) in [5.41, 5.74) is 0.0465. The molecule has 5 nitrogen and oxygen atoms in total. The second-order valence-corrected chi connectivity index (χ2v) is 7.09. The number of hydrogen-bond acceptors (Lipinski definition) is 3. The molecule has 2 N–H and O–H groups in total. The van der Waals surface area contributed by atoms with Crippen LogP contribution in [0.1, 0.15) is 20.8 Å². The summed E-state index contributed by atoms with van der Waals surface area (Å²) >= 11 is 5.86. The van der Waals surface area contributed by atoms with E-state index in [-0.39, 0.29) is 16.4 Å². The lowest BCUT2D eigenvalue weighted by atomic mass is 10.1. The molecule has 1 aliphatic rings. The molecule has 7 heteroatoms. The number of hydrogen-bond donors (Lipinski definition) is 2. The summed E-state index contributed by atoms with van der Waals surface area (Å²) < 4.78 is 26.4. The van der Waals surface area contributed by atoms with Gasteiger partial charge in [-0.1, -0.05) is 11.6 Å². The van der Waals surface area contributed by atoms with Crippen molar-refractivity contribution in [3.8, 4) is 0 Å². The third-order valence-electron chi connectivity index (χ3n) is 2.16. The second-order valence-electron chi connectivity index (χ2n) is 5.00. The van der Waals surface area contributed by atoms with Gasteiger partial charge in [0.05, 0.1) is 11.2 Å². The standard InChI is InChI=1S/C11H14ClN3O2S/c1-11(2,3)14-10-13-8-6-7(12)4-5-9(8)18(16,17)15-10/h4-6H,1-3H3,(H2,13,14,15). The molecule has 2 rings (SSSR count). The van der Waals surface area contributed by atoms with Gasteiger partial charge in [0.25, 0.3) is 10.0 Å². The third kappa shape index (κ3) is 2.76. The third-order valence-corrected chi connectivity index (χ3v) is 3.79. The van der Waals surface area contributed by atoms with Crippen molar-refractivity contribution < 1.29 is 8.42 Å². The van der Waals surface area contributed by atoms with E-state index in [1.165, 1.54) is 12.1 Å². The van der Waals surface area contributed by atoms with E-state index in [1.807, 2.05) is 20.8 Å². The molecule has 98 valence electrons. The highest BCUT2D eigenvalue weighted by Crippen LogP contribution is 2.28. The summed E-state index contributed by atoms with van der Waals surface area (Å²) in [6.07, 6.45) is 0. The smallest absolute Gasteiger partial charge is 0.266 e. The summed E-state index contributed by atoms with van der Waals surface area (Å²) in [5.74, 6) is 0.206. The molecule has 0 aromatic heterocycles. The number of guanidine groups is 1. The van der Waals surface area contributed by atoms with E-state index in [2.05, 4.69) is 15.0 Å². The van der Waals surface area contributed by atoms with E-state index in [4.69, 9.17) is 11.6 Å². The van der Waals surface area contributed by atoms with Crippen LogP contribution in [-0.4, -0.2) is 19.9 Å².